The number of amides is 1. The monoisotopic (exact) mass is 346 g/mol. The van der Waals surface area contributed by atoms with E-state index in [1.807, 2.05) is 18.2 Å². The maximum atomic E-state index is 12.1. The highest BCUT2D eigenvalue weighted by Crippen LogP contribution is 2.21. The summed E-state index contributed by atoms with van der Waals surface area (Å²) in [7, 11) is 0. The molecule has 0 saturated carbocycles. The van der Waals surface area contributed by atoms with Gasteiger partial charge in [0.15, 0.2) is 0 Å². The third kappa shape index (κ3) is 4.50. The Hall–Kier alpha value is -3.03. The Balaban J connectivity index is 2.24. The minimum Gasteiger partial charge on any atom is -0.422 e. The quantitative estimate of drug-likeness (QED) is 0.214. The van der Waals surface area contributed by atoms with E-state index in [4.69, 9.17) is 15.9 Å². The lowest BCUT2D eigenvalue weighted by Gasteiger charge is -2.20. The summed E-state index contributed by atoms with van der Waals surface area (Å²) in [6.07, 6.45) is 0. The first-order valence-electron chi connectivity index (χ1n) is 8.19. The van der Waals surface area contributed by atoms with Gasteiger partial charge in [0, 0.05) is 36.8 Å². The predicted molar refractivity (Wildman–Crippen MR) is 97.6 cm³/mol. The molecule has 25 heavy (non-hydrogen) atoms. The fraction of sp³-hybridized carbons (Fsp3) is 0.353. The average Bonchev–Trinajstić information content (AvgIpc) is 2.58. The first-order valence-corrected chi connectivity index (χ1v) is 8.19. The summed E-state index contributed by atoms with van der Waals surface area (Å²) in [5, 5.41) is 3.31. The van der Waals surface area contributed by atoms with Gasteiger partial charge >= 0.3 is 11.6 Å². The molecule has 1 amide bonds. The van der Waals surface area contributed by atoms with Crippen molar-refractivity contribution in [2.45, 2.75) is 13.8 Å². The molecule has 0 saturated heterocycles. The number of benzene rings is 1. The summed E-state index contributed by atoms with van der Waals surface area (Å²) in [5.74, 6) is -0.427. The highest BCUT2D eigenvalue weighted by atomic mass is 16.4. The summed E-state index contributed by atoms with van der Waals surface area (Å²) in [4.78, 5) is 29.1. The van der Waals surface area contributed by atoms with Crippen LogP contribution < -0.4 is 32.3 Å². The lowest BCUT2D eigenvalue weighted by molar-refractivity contribution is -0.456. The highest BCUT2D eigenvalue weighted by Gasteiger charge is 2.14. The van der Waals surface area contributed by atoms with Gasteiger partial charge in [-0.2, -0.15) is 0 Å². The van der Waals surface area contributed by atoms with Gasteiger partial charge in [-0.3, -0.25) is 21.3 Å². The molecule has 0 atom stereocenters. The molecule has 0 aliphatic rings. The minimum absolute atomic E-state index is 0.0345. The Morgan fingerprint density at radius 3 is 2.60 bits per heavy atom. The smallest absolute Gasteiger partial charge is 0.349 e. The van der Waals surface area contributed by atoms with Crippen LogP contribution in [0.2, 0.25) is 0 Å². The molecule has 6 N–H and O–H groups in total. The molecule has 0 fully saturated rings. The second-order valence-electron chi connectivity index (χ2n) is 5.48. The van der Waals surface area contributed by atoms with Crippen LogP contribution in [-0.2, 0) is 0 Å². The maximum Gasteiger partial charge on any atom is 0.349 e. The Morgan fingerprint density at radius 2 is 1.96 bits per heavy atom. The van der Waals surface area contributed by atoms with Gasteiger partial charge in [-0.05, 0) is 32.0 Å². The van der Waals surface area contributed by atoms with Crippen LogP contribution >= 0.6 is 0 Å². The lowest BCUT2D eigenvalue weighted by Crippen LogP contribution is -2.79. The van der Waals surface area contributed by atoms with Crippen molar-refractivity contribution in [1.82, 2.24) is 5.32 Å². The average molecular weight is 346 g/mol. The topological polar surface area (TPSA) is 129 Å². The van der Waals surface area contributed by atoms with Crippen molar-refractivity contribution < 1.29 is 14.2 Å². The molecule has 0 spiro atoms. The number of carbonyl (C=O) groups is 1. The Morgan fingerprint density at radius 1 is 1.24 bits per heavy atom. The molecule has 8 heteroatoms. The number of anilines is 1. The van der Waals surface area contributed by atoms with Gasteiger partial charge in [0.25, 0.3) is 5.91 Å². The van der Waals surface area contributed by atoms with Crippen molar-refractivity contribution in [3.05, 3.63) is 40.2 Å². The Labute approximate surface area is 145 Å². The van der Waals surface area contributed by atoms with Crippen LogP contribution in [0.3, 0.4) is 0 Å². The van der Waals surface area contributed by atoms with Crippen LogP contribution in [0.15, 0.2) is 33.5 Å². The van der Waals surface area contributed by atoms with Crippen molar-refractivity contribution in [1.29, 1.82) is 0 Å². The lowest BCUT2D eigenvalue weighted by atomic mass is 10.1. The fourth-order valence-electron chi connectivity index (χ4n) is 2.52. The molecule has 1 heterocycles. The van der Waals surface area contributed by atoms with Gasteiger partial charge in [0.2, 0.25) is 0 Å². The SMILES string of the molecule is CCN(CC)c1ccc2cc(C(=O)NCC[NH+]=C(N)N)c(=O)oc2c1. The zero-order valence-corrected chi connectivity index (χ0v) is 14.5. The van der Waals surface area contributed by atoms with Crippen LogP contribution in [0.1, 0.15) is 24.2 Å². The molecule has 1 aromatic heterocycles. The number of hydrogen-bond acceptors (Lipinski definition) is 4. The summed E-state index contributed by atoms with van der Waals surface area (Å²) < 4.78 is 5.34. The molecule has 0 unspecified atom stereocenters. The molecule has 1 aromatic carbocycles. The number of carbonyl (C=O) groups excluding carboxylic acids is 1. The van der Waals surface area contributed by atoms with Crippen LogP contribution in [0.25, 0.3) is 11.0 Å². The van der Waals surface area contributed by atoms with Gasteiger partial charge in [0.05, 0.1) is 6.54 Å². The van der Waals surface area contributed by atoms with Crippen LogP contribution in [0.5, 0.6) is 0 Å². The van der Waals surface area contributed by atoms with E-state index in [1.54, 1.807) is 6.07 Å². The third-order valence-electron chi connectivity index (χ3n) is 3.83. The first-order chi connectivity index (χ1) is 12.0. The Kier molecular flexibility index (Phi) is 5.99. The summed E-state index contributed by atoms with van der Waals surface area (Å²) in [6, 6.07) is 7.14. The van der Waals surface area contributed by atoms with Crippen LogP contribution in [0.4, 0.5) is 5.69 Å². The van der Waals surface area contributed by atoms with Gasteiger partial charge in [-0.15, -0.1) is 0 Å². The van der Waals surface area contributed by atoms with Crippen molar-refractivity contribution in [2.24, 2.45) is 11.5 Å². The van der Waals surface area contributed by atoms with Crippen LogP contribution in [-0.4, -0.2) is 38.0 Å². The van der Waals surface area contributed by atoms with Gasteiger partial charge in [0.1, 0.15) is 11.1 Å². The van der Waals surface area contributed by atoms with E-state index in [0.29, 0.717) is 17.5 Å². The number of rotatable bonds is 7. The third-order valence-corrected chi connectivity index (χ3v) is 3.83. The molecule has 134 valence electrons. The summed E-state index contributed by atoms with van der Waals surface area (Å²) in [6.45, 7) is 6.46. The number of nitrogens with one attached hydrogen (secondary N) is 2. The van der Waals surface area contributed by atoms with Crippen molar-refractivity contribution >= 4 is 28.5 Å². The van der Waals surface area contributed by atoms with Gasteiger partial charge < -0.3 is 14.6 Å². The van der Waals surface area contributed by atoms with Gasteiger partial charge in [-0.1, -0.05) is 0 Å². The van der Waals surface area contributed by atoms with Gasteiger partial charge in [-0.25, -0.2) is 4.79 Å². The number of fused-ring (bicyclic) bond motifs is 1. The zero-order chi connectivity index (χ0) is 18.4. The van der Waals surface area contributed by atoms with E-state index in [-0.39, 0.29) is 18.1 Å². The minimum atomic E-state index is -0.667. The number of guanidine groups is 1. The molecule has 0 aliphatic carbocycles. The Bertz CT molecular complexity index is 836. The standard InChI is InChI=1S/C17H23N5O3/c1-3-22(4-2)12-6-5-11-9-13(16(24)25-14(11)10-12)15(23)20-7-8-21-17(18)19/h5-6,9-10H,3-4,7-8H2,1-2H3,(H,20,23)(H4,18,19,21)/p+1. The summed E-state index contributed by atoms with van der Waals surface area (Å²) >= 11 is 0. The molecule has 0 bridgehead atoms. The molecule has 2 rings (SSSR count). The second-order valence-corrected chi connectivity index (χ2v) is 5.48. The van der Waals surface area contributed by atoms with E-state index >= 15 is 0 Å². The molecule has 2 aromatic rings. The highest BCUT2D eigenvalue weighted by molar-refractivity contribution is 5.97. The van der Waals surface area contributed by atoms with E-state index in [0.717, 1.165) is 18.8 Å². The molecule has 0 radical (unpaired) electrons. The molecule has 8 nitrogen and oxygen atoms in total. The van der Waals surface area contributed by atoms with Crippen molar-refractivity contribution in [2.75, 3.05) is 31.1 Å². The first kappa shape index (κ1) is 18.3. The molecular formula is C17H24N5O3+. The fourth-order valence-corrected chi connectivity index (χ4v) is 2.52. The van der Waals surface area contributed by atoms with E-state index < -0.39 is 11.5 Å². The molecular weight excluding hydrogens is 322 g/mol. The van der Waals surface area contributed by atoms with E-state index in [1.165, 1.54) is 0 Å². The van der Waals surface area contributed by atoms with Crippen molar-refractivity contribution in [3.8, 4) is 0 Å². The number of hydrogen-bond donors (Lipinski definition) is 4. The normalized spacial score (nSPS) is 10.5. The van der Waals surface area contributed by atoms with E-state index in [2.05, 4.69) is 29.1 Å². The number of nitrogens with two attached hydrogens (primary N) is 2. The largest absolute Gasteiger partial charge is 0.422 e. The second kappa shape index (κ2) is 8.18. The maximum absolute atomic E-state index is 12.1. The molecule has 0 aliphatic heterocycles. The van der Waals surface area contributed by atoms with Crippen LogP contribution in [0, 0.1) is 0 Å². The predicted octanol–water partition coefficient (Wildman–Crippen LogP) is -1.28. The zero-order valence-electron chi connectivity index (χ0n) is 14.5. The number of nitrogens with zero attached hydrogens (tertiary/aromatic N) is 1. The van der Waals surface area contributed by atoms with E-state index in [9.17, 15) is 9.59 Å². The van der Waals surface area contributed by atoms with Crippen molar-refractivity contribution in [3.63, 3.8) is 0 Å². The summed E-state index contributed by atoms with van der Waals surface area (Å²) in [5.41, 5.74) is 11.3.